The number of aromatic nitrogens is 1. The molecule has 1 amide bonds. The van der Waals surface area contributed by atoms with Crippen molar-refractivity contribution in [3.05, 3.63) is 48.2 Å². The van der Waals surface area contributed by atoms with Gasteiger partial charge in [0.25, 0.3) is 0 Å². The maximum absolute atomic E-state index is 13.1. The van der Waals surface area contributed by atoms with Gasteiger partial charge in [-0.1, -0.05) is 30.1 Å². The quantitative estimate of drug-likeness (QED) is 0.625. The summed E-state index contributed by atoms with van der Waals surface area (Å²) in [6, 6.07) is 11.8. The van der Waals surface area contributed by atoms with Gasteiger partial charge in [0.05, 0.1) is 24.1 Å². The molecule has 2 heterocycles. The van der Waals surface area contributed by atoms with Crippen molar-refractivity contribution < 1.29 is 22.5 Å². The largest absolute Gasteiger partial charge is 0.495 e. The van der Waals surface area contributed by atoms with E-state index in [-0.39, 0.29) is 17.2 Å². The van der Waals surface area contributed by atoms with Crippen molar-refractivity contribution in [1.29, 1.82) is 0 Å². The molecule has 9 heteroatoms. The lowest BCUT2D eigenvalue weighted by molar-refractivity contribution is -0.115. The normalized spacial score (nSPS) is 15.5. The van der Waals surface area contributed by atoms with E-state index in [2.05, 4.69) is 10.5 Å². The monoisotopic (exact) mass is 443 g/mol. The fraction of sp³-hybridized carbons (Fsp3) is 0.364. The second kappa shape index (κ2) is 9.07. The number of nitrogens with one attached hydrogen (secondary N) is 1. The lowest BCUT2D eigenvalue weighted by atomic mass is 10.1. The predicted molar refractivity (Wildman–Crippen MR) is 117 cm³/mol. The van der Waals surface area contributed by atoms with E-state index in [1.165, 1.54) is 23.5 Å². The number of sulfonamides is 1. The maximum atomic E-state index is 13.1. The minimum atomic E-state index is -3.65. The summed E-state index contributed by atoms with van der Waals surface area (Å²) in [4.78, 5) is 12.8. The van der Waals surface area contributed by atoms with Gasteiger partial charge in [-0.15, -0.1) is 0 Å². The number of hydrogen-bond acceptors (Lipinski definition) is 6. The van der Waals surface area contributed by atoms with Gasteiger partial charge in [0.1, 0.15) is 11.4 Å². The Kier molecular flexibility index (Phi) is 6.24. The molecule has 1 fully saturated rings. The zero-order valence-corrected chi connectivity index (χ0v) is 18.2. The molecule has 2 aromatic carbocycles. The van der Waals surface area contributed by atoms with Crippen LogP contribution in [0.1, 0.15) is 31.4 Å². The molecule has 1 saturated heterocycles. The number of benzene rings is 2. The Hall–Kier alpha value is -2.91. The molecule has 1 aliphatic rings. The first-order valence-corrected chi connectivity index (χ1v) is 11.7. The number of methoxy groups -OCH3 is 1. The standard InChI is InChI=1S/C22H25N3O5S/c1-29-21-11-10-16(31(27,28)25-12-6-2-3-7-13-25)14-19(21)23-22(26)15-18-17-8-4-5-9-20(17)30-24-18/h4-5,8-11,14H,2-3,6-7,12-13,15H2,1H3,(H,23,26). The number of anilines is 1. The van der Waals surface area contributed by atoms with Gasteiger partial charge in [0, 0.05) is 18.5 Å². The Morgan fingerprint density at radius 1 is 1.13 bits per heavy atom. The Balaban J connectivity index is 1.56. The number of fused-ring (bicyclic) bond motifs is 1. The average molecular weight is 444 g/mol. The van der Waals surface area contributed by atoms with Crippen LogP contribution in [0.5, 0.6) is 5.75 Å². The van der Waals surface area contributed by atoms with Crippen LogP contribution in [-0.2, 0) is 21.2 Å². The molecular weight excluding hydrogens is 418 g/mol. The molecule has 0 bridgehead atoms. The summed E-state index contributed by atoms with van der Waals surface area (Å²) in [7, 11) is -2.18. The van der Waals surface area contributed by atoms with Crippen molar-refractivity contribution in [2.24, 2.45) is 0 Å². The molecule has 3 aromatic rings. The molecule has 4 rings (SSSR count). The van der Waals surface area contributed by atoms with Crippen molar-refractivity contribution >= 4 is 32.6 Å². The topological polar surface area (TPSA) is 102 Å². The maximum Gasteiger partial charge on any atom is 0.243 e. The summed E-state index contributed by atoms with van der Waals surface area (Å²) < 4.78 is 38.4. The highest BCUT2D eigenvalue weighted by molar-refractivity contribution is 7.89. The van der Waals surface area contributed by atoms with Crippen LogP contribution in [0.15, 0.2) is 51.9 Å². The zero-order valence-electron chi connectivity index (χ0n) is 17.3. The Morgan fingerprint density at radius 2 is 1.87 bits per heavy atom. The number of carbonyl (C=O) groups is 1. The molecular formula is C22H25N3O5S. The lowest BCUT2D eigenvalue weighted by Gasteiger charge is -2.21. The average Bonchev–Trinajstić information content (AvgIpc) is 2.98. The Bertz CT molecular complexity index is 1180. The van der Waals surface area contributed by atoms with Crippen LogP contribution < -0.4 is 10.1 Å². The molecule has 0 saturated carbocycles. The van der Waals surface area contributed by atoms with E-state index >= 15 is 0 Å². The van der Waals surface area contributed by atoms with Crippen molar-refractivity contribution in [3.8, 4) is 5.75 Å². The van der Waals surface area contributed by atoms with Gasteiger partial charge in [-0.3, -0.25) is 4.79 Å². The minimum absolute atomic E-state index is 0.0106. The second-order valence-corrected chi connectivity index (χ2v) is 9.47. The lowest BCUT2D eigenvalue weighted by Crippen LogP contribution is -2.32. The zero-order chi connectivity index (χ0) is 21.8. The number of amides is 1. The number of ether oxygens (including phenoxy) is 1. The molecule has 8 nitrogen and oxygen atoms in total. The van der Waals surface area contributed by atoms with E-state index in [0.717, 1.165) is 31.1 Å². The highest BCUT2D eigenvalue weighted by Gasteiger charge is 2.26. The molecule has 1 aliphatic heterocycles. The highest BCUT2D eigenvalue weighted by Crippen LogP contribution is 2.30. The molecule has 0 atom stereocenters. The Morgan fingerprint density at radius 3 is 2.61 bits per heavy atom. The number of para-hydroxylation sites is 1. The van der Waals surface area contributed by atoms with E-state index in [9.17, 15) is 13.2 Å². The number of hydrogen-bond donors (Lipinski definition) is 1. The molecule has 164 valence electrons. The highest BCUT2D eigenvalue weighted by atomic mass is 32.2. The molecule has 31 heavy (non-hydrogen) atoms. The number of nitrogens with zero attached hydrogens (tertiary/aromatic N) is 2. The van der Waals surface area contributed by atoms with Crippen LogP contribution >= 0.6 is 0 Å². The molecule has 0 radical (unpaired) electrons. The van der Waals surface area contributed by atoms with Crippen LogP contribution in [0, 0.1) is 0 Å². The van der Waals surface area contributed by atoms with E-state index in [4.69, 9.17) is 9.26 Å². The van der Waals surface area contributed by atoms with Gasteiger partial charge >= 0.3 is 0 Å². The van der Waals surface area contributed by atoms with Gasteiger partial charge in [-0.25, -0.2) is 8.42 Å². The van der Waals surface area contributed by atoms with Crippen LogP contribution in [0.2, 0.25) is 0 Å². The van der Waals surface area contributed by atoms with E-state index in [0.29, 0.717) is 35.8 Å². The molecule has 0 unspecified atom stereocenters. The van der Waals surface area contributed by atoms with Crippen molar-refractivity contribution in [2.75, 3.05) is 25.5 Å². The Labute approximate surface area is 181 Å². The van der Waals surface area contributed by atoms with Crippen LogP contribution in [0.4, 0.5) is 5.69 Å². The van der Waals surface area contributed by atoms with Gasteiger partial charge in [-0.05, 0) is 43.2 Å². The van der Waals surface area contributed by atoms with Crippen molar-refractivity contribution in [3.63, 3.8) is 0 Å². The summed E-state index contributed by atoms with van der Waals surface area (Å²) >= 11 is 0. The number of carbonyl (C=O) groups excluding carboxylic acids is 1. The molecule has 1 aromatic heterocycles. The van der Waals surface area contributed by atoms with Crippen LogP contribution in [0.25, 0.3) is 11.0 Å². The minimum Gasteiger partial charge on any atom is -0.495 e. The van der Waals surface area contributed by atoms with E-state index < -0.39 is 10.0 Å². The predicted octanol–water partition coefficient (Wildman–Crippen LogP) is 3.58. The van der Waals surface area contributed by atoms with Gasteiger partial charge in [0.15, 0.2) is 5.58 Å². The molecule has 1 N–H and O–H groups in total. The van der Waals surface area contributed by atoms with E-state index in [1.54, 1.807) is 12.1 Å². The third-order valence-electron chi connectivity index (χ3n) is 5.43. The SMILES string of the molecule is COc1ccc(S(=O)(=O)N2CCCCCC2)cc1NC(=O)Cc1noc2ccccc12. The summed E-state index contributed by atoms with van der Waals surface area (Å²) in [6.45, 7) is 1.02. The van der Waals surface area contributed by atoms with Crippen LogP contribution in [-0.4, -0.2) is 44.0 Å². The first-order valence-electron chi connectivity index (χ1n) is 10.3. The summed E-state index contributed by atoms with van der Waals surface area (Å²) in [5, 5.41) is 7.51. The fourth-order valence-electron chi connectivity index (χ4n) is 3.79. The van der Waals surface area contributed by atoms with Crippen LogP contribution in [0.3, 0.4) is 0 Å². The molecule has 0 spiro atoms. The summed E-state index contributed by atoms with van der Waals surface area (Å²) in [5.41, 5.74) is 1.42. The van der Waals surface area contributed by atoms with Gasteiger partial charge in [0.2, 0.25) is 15.9 Å². The van der Waals surface area contributed by atoms with Crippen molar-refractivity contribution in [2.45, 2.75) is 37.0 Å². The van der Waals surface area contributed by atoms with E-state index in [1.807, 2.05) is 18.2 Å². The van der Waals surface area contributed by atoms with Gasteiger partial charge in [-0.2, -0.15) is 4.31 Å². The van der Waals surface area contributed by atoms with Gasteiger partial charge < -0.3 is 14.6 Å². The summed E-state index contributed by atoms with van der Waals surface area (Å²) in [6.07, 6.45) is 3.76. The molecule has 0 aliphatic carbocycles. The summed E-state index contributed by atoms with van der Waals surface area (Å²) in [5.74, 6) is 0.0369. The van der Waals surface area contributed by atoms with Crippen molar-refractivity contribution in [1.82, 2.24) is 9.46 Å². The second-order valence-electron chi connectivity index (χ2n) is 7.53. The first kappa shape index (κ1) is 21.3. The fourth-order valence-corrected chi connectivity index (χ4v) is 5.33. The first-order chi connectivity index (χ1) is 15.0. The smallest absolute Gasteiger partial charge is 0.243 e. The third kappa shape index (κ3) is 4.57. The number of rotatable bonds is 6. The third-order valence-corrected chi connectivity index (χ3v) is 7.32.